The van der Waals surface area contributed by atoms with Crippen molar-refractivity contribution in [3.63, 3.8) is 0 Å². The molecule has 14 heavy (non-hydrogen) atoms. The van der Waals surface area contributed by atoms with E-state index in [9.17, 15) is 15.3 Å². The molecule has 4 nitrogen and oxygen atoms in total. The van der Waals surface area contributed by atoms with Crippen molar-refractivity contribution in [3.05, 3.63) is 0 Å². The second-order valence-electron chi connectivity index (χ2n) is 3.02. The number of hydrogen-bond donors (Lipinski definition) is 3. The van der Waals surface area contributed by atoms with Gasteiger partial charge in [0.15, 0.2) is 0 Å². The van der Waals surface area contributed by atoms with Crippen LogP contribution < -0.4 is 0 Å². The number of ether oxygens (including phenoxy) is 1. The Kier molecular flexibility index (Phi) is 18.3. The topological polar surface area (TPSA) is 69.9 Å². The molecule has 3 N–H and O–H groups in total. The molecule has 0 aromatic heterocycles. The fraction of sp³-hybridized carbons (Fsp3) is 1.00. The van der Waals surface area contributed by atoms with Gasteiger partial charge >= 0.3 is 0 Å². The van der Waals surface area contributed by atoms with Crippen LogP contribution in [-0.2, 0) is 4.74 Å². The van der Waals surface area contributed by atoms with Gasteiger partial charge in [0.25, 0.3) is 0 Å². The summed E-state index contributed by atoms with van der Waals surface area (Å²) in [4.78, 5) is 0. The minimum absolute atomic E-state index is 0. The first-order valence-electron chi connectivity index (χ1n) is 3.73. The monoisotopic (exact) mass is 843 g/mol. The molecule has 2 unspecified atom stereocenters. The summed E-state index contributed by atoms with van der Waals surface area (Å²) in [5.41, 5.74) is 0. The fourth-order valence-corrected chi connectivity index (χ4v) is 1.26. The first-order chi connectivity index (χ1) is 5.04. The zero-order valence-electron chi connectivity index (χ0n) is 8.37. The Balaban J connectivity index is -0.000000403. The molecule has 0 bridgehead atoms. The molecule has 1 heterocycles. The SMILES string of the molecule is CC1O[C@H](C)[C@@H](O)C(O)[C@H]1O.[Ac].[Ac].[Ac]. The van der Waals surface area contributed by atoms with Crippen molar-refractivity contribution < 1.29 is 152 Å². The van der Waals surface area contributed by atoms with Gasteiger partial charge in [-0.2, -0.15) is 0 Å². The molecule has 75 valence electrons. The first-order valence-corrected chi connectivity index (χ1v) is 3.73. The number of aliphatic hydroxyl groups is 3. The summed E-state index contributed by atoms with van der Waals surface area (Å²) in [6, 6.07) is 0. The Morgan fingerprint density at radius 2 is 1.00 bits per heavy atom. The summed E-state index contributed by atoms with van der Waals surface area (Å²) >= 11 is 0. The van der Waals surface area contributed by atoms with Gasteiger partial charge in [-0.05, 0) is 13.8 Å². The largest absolute Gasteiger partial charge is 0.388 e. The van der Waals surface area contributed by atoms with Crippen molar-refractivity contribution in [2.75, 3.05) is 0 Å². The fourth-order valence-electron chi connectivity index (χ4n) is 1.26. The van der Waals surface area contributed by atoms with E-state index in [0.717, 1.165) is 0 Å². The van der Waals surface area contributed by atoms with Crippen LogP contribution in [0, 0.1) is 132 Å². The van der Waals surface area contributed by atoms with E-state index in [1.807, 2.05) is 0 Å². The van der Waals surface area contributed by atoms with Gasteiger partial charge in [0.05, 0.1) is 12.2 Å². The van der Waals surface area contributed by atoms with Gasteiger partial charge in [-0.3, -0.25) is 0 Å². The van der Waals surface area contributed by atoms with Crippen molar-refractivity contribution in [1.29, 1.82) is 0 Å². The maximum Gasteiger partial charge on any atom is 0.111 e. The van der Waals surface area contributed by atoms with E-state index in [2.05, 4.69) is 0 Å². The summed E-state index contributed by atoms with van der Waals surface area (Å²) < 4.78 is 5.12. The van der Waals surface area contributed by atoms with E-state index in [-0.39, 0.29) is 132 Å². The van der Waals surface area contributed by atoms with Gasteiger partial charge in [-0.15, -0.1) is 0 Å². The Bertz CT molecular complexity index is 135. The molecule has 0 aromatic rings. The summed E-state index contributed by atoms with van der Waals surface area (Å²) in [6.07, 6.45) is -3.89. The van der Waals surface area contributed by atoms with E-state index in [0.29, 0.717) is 0 Å². The molecular weight excluding hydrogens is 829 g/mol. The minimum atomic E-state index is -1.09. The third kappa shape index (κ3) is 6.37. The van der Waals surface area contributed by atoms with Gasteiger partial charge in [-0.25, -0.2) is 0 Å². The molecule has 0 aromatic carbocycles. The second kappa shape index (κ2) is 11.0. The van der Waals surface area contributed by atoms with Crippen LogP contribution in [0.25, 0.3) is 0 Å². The van der Waals surface area contributed by atoms with E-state index in [4.69, 9.17) is 4.74 Å². The summed E-state index contributed by atoms with van der Waals surface area (Å²) in [5.74, 6) is 0. The zero-order chi connectivity index (χ0) is 8.59. The van der Waals surface area contributed by atoms with Crippen LogP contribution in [0.1, 0.15) is 13.8 Å². The van der Waals surface area contributed by atoms with Gasteiger partial charge in [0, 0.05) is 132 Å². The molecule has 7 heteroatoms. The Morgan fingerprint density at radius 1 is 0.714 bits per heavy atom. The third-order valence-corrected chi connectivity index (χ3v) is 2.09. The molecule has 3 radical (unpaired) electrons. The Morgan fingerprint density at radius 3 is 1.29 bits per heavy atom. The quantitative estimate of drug-likeness (QED) is 0.290. The summed E-state index contributed by atoms with van der Waals surface area (Å²) in [7, 11) is 0. The van der Waals surface area contributed by atoms with Crippen molar-refractivity contribution in [2.24, 2.45) is 0 Å². The van der Waals surface area contributed by atoms with Gasteiger partial charge in [0.1, 0.15) is 18.3 Å². The Labute approximate surface area is 192 Å². The molecule has 1 aliphatic heterocycles. The molecule has 1 aliphatic rings. The molecule has 1 saturated heterocycles. The Hall–Kier alpha value is 4.16. The van der Waals surface area contributed by atoms with Crippen LogP contribution in [0.4, 0.5) is 0 Å². The molecule has 0 amide bonds. The number of rotatable bonds is 0. The van der Waals surface area contributed by atoms with E-state index in [1.54, 1.807) is 13.8 Å². The molecule has 0 aliphatic carbocycles. The maximum atomic E-state index is 9.21. The van der Waals surface area contributed by atoms with Crippen molar-refractivity contribution >= 4 is 0 Å². The van der Waals surface area contributed by atoms with Crippen molar-refractivity contribution in [2.45, 2.75) is 44.4 Å². The minimum Gasteiger partial charge on any atom is -0.388 e. The normalized spacial score (nSPS) is 41.4. The molecule has 5 atom stereocenters. The second-order valence-corrected chi connectivity index (χ2v) is 3.02. The van der Waals surface area contributed by atoms with Crippen LogP contribution in [0.2, 0.25) is 0 Å². The number of aliphatic hydroxyl groups excluding tert-OH is 3. The van der Waals surface area contributed by atoms with Crippen LogP contribution in [0.5, 0.6) is 0 Å². The molecular formula is C7H14Ac3O4. The van der Waals surface area contributed by atoms with Gasteiger partial charge < -0.3 is 20.1 Å². The maximum absolute atomic E-state index is 9.21. The van der Waals surface area contributed by atoms with Gasteiger partial charge in [-0.1, -0.05) is 0 Å². The standard InChI is InChI=1S/C7H14O4.3Ac/c1-3-5(8)7(10)6(9)4(2)11-3;;;/h3-10H,1-2H3;;;/t3-,4?,5-,6+,7?;;;/m1.../s1. The van der Waals surface area contributed by atoms with Crippen molar-refractivity contribution in [1.82, 2.24) is 0 Å². The smallest absolute Gasteiger partial charge is 0.111 e. The van der Waals surface area contributed by atoms with Crippen LogP contribution in [0.15, 0.2) is 0 Å². The summed E-state index contributed by atoms with van der Waals surface area (Å²) in [5, 5.41) is 27.6. The average molecular weight is 843 g/mol. The molecule has 1 rings (SSSR count). The third-order valence-electron chi connectivity index (χ3n) is 2.09. The number of hydrogen-bond acceptors (Lipinski definition) is 4. The van der Waals surface area contributed by atoms with Gasteiger partial charge in [0.2, 0.25) is 0 Å². The summed E-state index contributed by atoms with van der Waals surface area (Å²) in [6.45, 7) is 3.33. The van der Waals surface area contributed by atoms with E-state index in [1.165, 1.54) is 0 Å². The predicted octanol–water partition coefficient (Wildman–Crippen LogP) is -1.12. The van der Waals surface area contributed by atoms with E-state index >= 15 is 0 Å². The first kappa shape index (κ1) is 23.3. The van der Waals surface area contributed by atoms with E-state index < -0.39 is 30.5 Å². The van der Waals surface area contributed by atoms with Crippen LogP contribution in [0.3, 0.4) is 0 Å². The zero-order valence-corrected chi connectivity index (χ0v) is 22.6. The average Bonchev–Trinajstić information content (AvgIpc) is 1.97. The van der Waals surface area contributed by atoms with Crippen LogP contribution in [-0.4, -0.2) is 45.8 Å². The molecule has 0 saturated carbocycles. The molecule has 1 fully saturated rings. The van der Waals surface area contributed by atoms with Crippen LogP contribution >= 0.6 is 0 Å². The van der Waals surface area contributed by atoms with Crippen molar-refractivity contribution in [3.8, 4) is 0 Å². The molecule has 0 spiro atoms. The predicted molar refractivity (Wildman–Crippen MR) is 38.0 cm³/mol.